The van der Waals surface area contributed by atoms with E-state index in [4.69, 9.17) is 4.74 Å². The lowest BCUT2D eigenvalue weighted by atomic mass is 9.92. The third kappa shape index (κ3) is 3.55. The number of aryl methyl sites for hydroxylation is 2. The Hall–Kier alpha value is -0.910. The second-order valence-corrected chi connectivity index (χ2v) is 6.83. The van der Waals surface area contributed by atoms with Crippen molar-refractivity contribution in [3.8, 4) is 0 Å². The number of ether oxygens (including phenoxy) is 1. The number of rotatable bonds is 5. The van der Waals surface area contributed by atoms with E-state index in [2.05, 4.69) is 4.72 Å². The molecule has 1 N–H and O–H groups in total. The normalized spacial score (nSPS) is 16.9. The molecule has 0 spiro atoms. The van der Waals surface area contributed by atoms with Crippen LogP contribution in [0.2, 0.25) is 0 Å². The Morgan fingerprint density at radius 1 is 1.26 bits per heavy atom. The van der Waals surface area contributed by atoms with E-state index in [9.17, 15) is 8.42 Å². The molecule has 106 valence electrons. The second kappa shape index (κ2) is 6.03. The van der Waals surface area contributed by atoms with Crippen LogP contribution < -0.4 is 4.72 Å². The highest BCUT2D eigenvalue weighted by Gasteiger charge is 2.19. The molecule has 0 aromatic heterocycles. The summed E-state index contributed by atoms with van der Waals surface area (Å²) in [6.45, 7) is 2.16. The van der Waals surface area contributed by atoms with E-state index in [1.165, 1.54) is 17.5 Å². The van der Waals surface area contributed by atoms with Crippen molar-refractivity contribution in [2.75, 3.05) is 13.7 Å². The van der Waals surface area contributed by atoms with Crippen LogP contribution >= 0.6 is 0 Å². The Bertz CT molecular complexity index is 540. The monoisotopic (exact) mass is 283 g/mol. The van der Waals surface area contributed by atoms with Gasteiger partial charge in [0, 0.05) is 13.2 Å². The van der Waals surface area contributed by atoms with Crippen LogP contribution in [-0.2, 0) is 27.6 Å². The number of methoxy groups -OCH3 is 1. The Kier molecular flexibility index (Phi) is 4.60. The van der Waals surface area contributed by atoms with Gasteiger partial charge in [0.05, 0.1) is 11.5 Å². The molecule has 0 unspecified atom stereocenters. The summed E-state index contributed by atoms with van der Waals surface area (Å²) < 4.78 is 32.0. The van der Waals surface area contributed by atoms with Crippen molar-refractivity contribution in [1.82, 2.24) is 4.72 Å². The molecule has 1 atom stereocenters. The predicted octanol–water partition coefficient (Wildman–Crippen LogP) is 1.88. The zero-order valence-electron chi connectivity index (χ0n) is 11.5. The zero-order valence-corrected chi connectivity index (χ0v) is 12.3. The minimum atomic E-state index is -3.45. The number of fused-ring (bicyclic) bond motifs is 1. The molecule has 1 aromatic carbocycles. The van der Waals surface area contributed by atoms with Crippen molar-refractivity contribution in [1.29, 1.82) is 0 Å². The van der Waals surface area contributed by atoms with Crippen LogP contribution in [0.15, 0.2) is 23.1 Å². The fourth-order valence-electron chi connectivity index (χ4n) is 2.49. The second-order valence-electron chi connectivity index (χ2n) is 5.12. The molecule has 0 bridgehead atoms. The van der Waals surface area contributed by atoms with Gasteiger partial charge >= 0.3 is 0 Å². The molecular weight excluding hydrogens is 262 g/mol. The quantitative estimate of drug-likeness (QED) is 0.897. The molecule has 0 heterocycles. The van der Waals surface area contributed by atoms with E-state index in [-0.39, 0.29) is 6.04 Å². The highest BCUT2D eigenvalue weighted by Crippen LogP contribution is 2.24. The zero-order chi connectivity index (χ0) is 13.9. The van der Waals surface area contributed by atoms with Gasteiger partial charge in [0.2, 0.25) is 10.0 Å². The van der Waals surface area contributed by atoms with Crippen LogP contribution in [0, 0.1) is 0 Å². The van der Waals surface area contributed by atoms with E-state index >= 15 is 0 Å². The first kappa shape index (κ1) is 14.5. The van der Waals surface area contributed by atoms with E-state index in [1.54, 1.807) is 20.1 Å². The lowest BCUT2D eigenvalue weighted by Crippen LogP contribution is -2.35. The summed E-state index contributed by atoms with van der Waals surface area (Å²) in [5, 5.41) is 0. The summed E-state index contributed by atoms with van der Waals surface area (Å²) in [7, 11) is -1.89. The third-order valence-electron chi connectivity index (χ3n) is 3.40. The highest BCUT2D eigenvalue weighted by molar-refractivity contribution is 7.89. The van der Waals surface area contributed by atoms with Gasteiger partial charge in [0.15, 0.2) is 0 Å². The number of benzene rings is 1. The van der Waals surface area contributed by atoms with E-state index in [0.717, 1.165) is 19.3 Å². The third-order valence-corrected chi connectivity index (χ3v) is 4.99. The van der Waals surface area contributed by atoms with Crippen LogP contribution in [0.5, 0.6) is 0 Å². The van der Waals surface area contributed by atoms with Gasteiger partial charge in [0.1, 0.15) is 0 Å². The maximum absolute atomic E-state index is 12.2. The van der Waals surface area contributed by atoms with Crippen molar-refractivity contribution < 1.29 is 13.2 Å². The number of hydrogen-bond donors (Lipinski definition) is 1. The average Bonchev–Trinajstić information content (AvgIpc) is 2.37. The lowest BCUT2D eigenvalue weighted by molar-refractivity contribution is 0.180. The number of hydrogen-bond acceptors (Lipinski definition) is 3. The molecular formula is C14H21NO3S. The van der Waals surface area contributed by atoms with E-state index in [1.807, 2.05) is 12.1 Å². The standard InChI is InChI=1S/C14H21NO3S/c1-11(10-18-2)15-19(16,17)14-8-7-12-5-3-4-6-13(12)9-14/h7-9,11,15H,3-6,10H2,1-2H3/t11-/m1/s1. The molecule has 0 saturated carbocycles. The van der Waals surface area contributed by atoms with Crippen LogP contribution in [0.25, 0.3) is 0 Å². The number of nitrogens with one attached hydrogen (secondary N) is 1. The molecule has 0 radical (unpaired) electrons. The molecule has 0 amide bonds. The van der Waals surface area contributed by atoms with Gasteiger partial charge in [-0.1, -0.05) is 6.07 Å². The lowest BCUT2D eigenvalue weighted by Gasteiger charge is -2.18. The summed E-state index contributed by atoms with van der Waals surface area (Å²) in [6, 6.07) is 5.23. The first-order valence-corrected chi connectivity index (χ1v) is 8.14. The summed E-state index contributed by atoms with van der Waals surface area (Å²) in [5.41, 5.74) is 2.46. The molecule has 0 saturated heterocycles. The van der Waals surface area contributed by atoms with Gasteiger partial charge in [-0.05, 0) is 55.9 Å². The average molecular weight is 283 g/mol. The van der Waals surface area contributed by atoms with Crippen LogP contribution in [-0.4, -0.2) is 28.2 Å². The Morgan fingerprint density at radius 2 is 1.95 bits per heavy atom. The molecule has 4 nitrogen and oxygen atoms in total. The Labute approximate surface area is 115 Å². The van der Waals surface area contributed by atoms with Crippen LogP contribution in [0.3, 0.4) is 0 Å². The van der Waals surface area contributed by atoms with Gasteiger partial charge in [0.25, 0.3) is 0 Å². The first-order valence-electron chi connectivity index (χ1n) is 6.66. The van der Waals surface area contributed by atoms with Gasteiger partial charge in [-0.3, -0.25) is 0 Å². The van der Waals surface area contributed by atoms with Gasteiger partial charge in [-0.25, -0.2) is 13.1 Å². The van der Waals surface area contributed by atoms with Gasteiger partial charge in [-0.2, -0.15) is 0 Å². The van der Waals surface area contributed by atoms with Crippen molar-refractivity contribution in [3.63, 3.8) is 0 Å². The van der Waals surface area contributed by atoms with E-state index in [0.29, 0.717) is 11.5 Å². The van der Waals surface area contributed by atoms with Crippen molar-refractivity contribution in [2.24, 2.45) is 0 Å². The molecule has 19 heavy (non-hydrogen) atoms. The van der Waals surface area contributed by atoms with Gasteiger partial charge < -0.3 is 4.74 Å². The molecule has 2 rings (SSSR count). The van der Waals surface area contributed by atoms with Crippen molar-refractivity contribution in [2.45, 2.75) is 43.5 Å². The minimum absolute atomic E-state index is 0.231. The predicted molar refractivity (Wildman–Crippen MR) is 74.7 cm³/mol. The van der Waals surface area contributed by atoms with E-state index < -0.39 is 10.0 Å². The smallest absolute Gasteiger partial charge is 0.240 e. The number of sulfonamides is 1. The summed E-state index contributed by atoms with van der Waals surface area (Å²) in [6.07, 6.45) is 4.38. The molecule has 0 fully saturated rings. The SMILES string of the molecule is COC[C@@H](C)NS(=O)(=O)c1ccc2c(c1)CCCC2. The molecule has 0 aliphatic heterocycles. The summed E-state index contributed by atoms with van der Waals surface area (Å²) >= 11 is 0. The maximum atomic E-state index is 12.2. The largest absolute Gasteiger partial charge is 0.383 e. The molecule has 5 heteroatoms. The summed E-state index contributed by atoms with van der Waals surface area (Å²) in [4.78, 5) is 0.358. The molecule has 1 aromatic rings. The highest BCUT2D eigenvalue weighted by atomic mass is 32.2. The van der Waals surface area contributed by atoms with Crippen LogP contribution in [0.4, 0.5) is 0 Å². The summed E-state index contributed by atoms with van der Waals surface area (Å²) in [5.74, 6) is 0. The minimum Gasteiger partial charge on any atom is -0.383 e. The fraction of sp³-hybridized carbons (Fsp3) is 0.571. The van der Waals surface area contributed by atoms with Crippen LogP contribution in [0.1, 0.15) is 30.9 Å². The first-order chi connectivity index (χ1) is 9.03. The van der Waals surface area contributed by atoms with Gasteiger partial charge in [-0.15, -0.1) is 0 Å². The topological polar surface area (TPSA) is 55.4 Å². The van der Waals surface area contributed by atoms with Crippen molar-refractivity contribution in [3.05, 3.63) is 29.3 Å². The molecule has 1 aliphatic carbocycles. The fourth-order valence-corrected chi connectivity index (χ4v) is 3.77. The Balaban J connectivity index is 2.21. The molecule has 1 aliphatic rings. The maximum Gasteiger partial charge on any atom is 0.240 e. The Morgan fingerprint density at radius 3 is 2.63 bits per heavy atom. The van der Waals surface area contributed by atoms with Crippen molar-refractivity contribution >= 4 is 10.0 Å².